The van der Waals surface area contributed by atoms with Gasteiger partial charge in [-0.3, -0.25) is 4.90 Å². The lowest BCUT2D eigenvalue weighted by Crippen LogP contribution is -2.34. The average Bonchev–Trinajstić information content (AvgIpc) is 2.56. The van der Waals surface area contributed by atoms with Crippen LogP contribution in [0.2, 0.25) is 0 Å². The first kappa shape index (κ1) is 16.1. The topological polar surface area (TPSA) is 29.0 Å². The van der Waals surface area contributed by atoms with Crippen LogP contribution in [0, 0.1) is 6.92 Å². The molecule has 1 aromatic heterocycles. The second-order valence-electron chi connectivity index (χ2n) is 6.99. The molecule has 2 aromatic rings. The quantitative estimate of drug-likeness (QED) is 0.843. The van der Waals surface area contributed by atoms with Gasteiger partial charge in [-0.1, -0.05) is 38.1 Å². The van der Waals surface area contributed by atoms with E-state index in [1.54, 1.807) is 0 Å². The molecule has 3 nitrogen and oxygen atoms in total. The average molecular weight is 309 g/mol. The lowest BCUT2D eigenvalue weighted by Gasteiger charge is -2.33. The van der Waals surface area contributed by atoms with Crippen molar-refractivity contribution < 1.29 is 0 Å². The van der Waals surface area contributed by atoms with E-state index in [0.29, 0.717) is 11.8 Å². The van der Waals surface area contributed by atoms with Gasteiger partial charge in [0, 0.05) is 25.2 Å². The van der Waals surface area contributed by atoms with Crippen LogP contribution in [0.15, 0.2) is 36.5 Å². The van der Waals surface area contributed by atoms with Crippen LogP contribution in [0.4, 0.5) is 0 Å². The minimum absolute atomic E-state index is 0.385. The molecule has 0 N–H and O–H groups in total. The largest absolute Gasteiger partial charge is 0.297 e. The Morgan fingerprint density at radius 3 is 2.83 bits per heavy atom. The third kappa shape index (κ3) is 3.97. The van der Waals surface area contributed by atoms with Gasteiger partial charge >= 0.3 is 0 Å². The molecule has 1 saturated heterocycles. The Bertz CT molecular complexity index is 651. The van der Waals surface area contributed by atoms with E-state index in [4.69, 9.17) is 4.98 Å². The van der Waals surface area contributed by atoms with E-state index in [1.165, 1.54) is 30.5 Å². The molecule has 1 aromatic carbocycles. The SMILES string of the molecule is Cc1ccccc1C1CCCN(Cc2ccnc(C(C)C)n2)C1. The number of benzene rings is 1. The van der Waals surface area contributed by atoms with Crippen LogP contribution in [0.1, 0.15) is 61.2 Å². The maximum Gasteiger partial charge on any atom is 0.131 e. The summed E-state index contributed by atoms with van der Waals surface area (Å²) in [6.45, 7) is 9.76. The molecule has 3 rings (SSSR count). The van der Waals surface area contributed by atoms with Crippen LogP contribution in [-0.4, -0.2) is 28.0 Å². The highest BCUT2D eigenvalue weighted by Crippen LogP contribution is 2.29. The zero-order chi connectivity index (χ0) is 16.2. The fourth-order valence-corrected chi connectivity index (χ4v) is 3.51. The molecule has 1 aliphatic rings. The summed E-state index contributed by atoms with van der Waals surface area (Å²) >= 11 is 0. The number of hydrogen-bond acceptors (Lipinski definition) is 3. The molecule has 1 atom stereocenters. The molecule has 1 aliphatic heterocycles. The lowest BCUT2D eigenvalue weighted by atomic mass is 9.88. The highest BCUT2D eigenvalue weighted by Gasteiger charge is 2.22. The highest BCUT2D eigenvalue weighted by atomic mass is 15.1. The predicted molar refractivity (Wildman–Crippen MR) is 94.6 cm³/mol. The first-order valence-electron chi connectivity index (χ1n) is 8.73. The first-order valence-corrected chi connectivity index (χ1v) is 8.73. The third-order valence-corrected chi connectivity index (χ3v) is 4.77. The fourth-order valence-electron chi connectivity index (χ4n) is 3.51. The molecule has 2 heterocycles. The van der Waals surface area contributed by atoms with Crippen LogP contribution in [0.3, 0.4) is 0 Å². The Morgan fingerprint density at radius 1 is 1.22 bits per heavy atom. The number of aryl methyl sites for hydroxylation is 1. The van der Waals surface area contributed by atoms with Gasteiger partial charge < -0.3 is 0 Å². The molecular formula is C20H27N3. The van der Waals surface area contributed by atoms with E-state index < -0.39 is 0 Å². The van der Waals surface area contributed by atoms with Gasteiger partial charge in [0.2, 0.25) is 0 Å². The molecule has 122 valence electrons. The second kappa shape index (κ2) is 7.22. The van der Waals surface area contributed by atoms with Gasteiger partial charge in [-0.05, 0) is 49.4 Å². The highest BCUT2D eigenvalue weighted by molar-refractivity contribution is 5.29. The summed E-state index contributed by atoms with van der Waals surface area (Å²) < 4.78 is 0. The van der Waals surface area contributed by atoms with Crippen molar-refractivity contribution in [3.8, 4) is 0 Å². The number of aromatic nitrogens is 2. The zero-order valence-electron chi connectivity index (χ0n) is 14.5. The van der Waals surface area contributed by atoms with Gasteiger partial charge in [-0.15, -0.1) is 0 Å². The smallest absolute Gasteiger partial charge is 0.131 e. The van der Waals surface area contributed by atoms with Crippen LogP contribution in [0.25, 0.3) is 0 Å². The first-order chi connectivity index (χ1) is 11.1. The molecule has 1 fully saturated rings. The van der Waals surface area contributed by atoms with Crippen LogP contribution in [0.5, 0.6) is 0 Å². The number of likely N-dealkylation sites (tertiary alicyclic amines) is 1. The summed E-state index contributed by atoms with van der Waals surface area (Å²) in [5.41, 5.74) is 4.08. The zero-order valence-corrected chi connectivity index (χ0v) is 14.5. The van der Waals surface area contributed by atoms with Crippen LogP contribution < -0.4 is 0 Å². The van der Waals surface area contributed by atoms with E-state index in [0.717, 1.165) is 24.6 Å². The van der Waals surface area contributed by atoms with Crippen molar-refractivity contribution in [2.45, 2.75) is 52.0 Å². The van der Waals surface area contributed by atoms with E-state index >= 15 is 0 Å². The summed E-state index contributed by atoms with van der Waals surface area (Å²) in [5, 5.41) is 0. The molecule has 23 heavy (non-hydrogen) atoms. The second-order valence-corrected chi connectivity index (χ2v) is 6.99. The number of hydrogen-bond donors (Lipinski definition) is 0. The van der Waals surface area contributed by atoms with Gasteiger partial charge in [0.1, 0.15) is 5.82 Å². The lowest BCUT2D eigenvalue weighted by molar-refractivity contribution is 0.197. The van der Waals surface area contributed by atoms with Crippen molar-refractivity contribution in [3.63, 3.8) is 0 Å². The molecule has 0 saturated carbocycles. The van der Waals surface area contributed by atoms with Gasteiger partial charge in [-0.25, -0.2) is 9.97 Å². The van der Waals surface area contributed by atoms with Crippen LogP contribution >= 0.6 is 0 Å². The molecule has 3 heteroatoms. The van der Waals surface area contributed by atoms with E-state index in [9.17, 15) is 0 Å². The maximum atomic E-state index is 4.73. The maximum absolute atomic E-state index is 4.73. The standard InChI is InChI=1S/C20H27N3/c1-15(2)20-21-11-10-18(22-20)14-23-12-6-8-17(13-23)19-9-5-4-7-16(19)3/h4-5,7,9-11,15,17H,6,8,12-14H2,1-3H3. The van der Waals surface area contributed by atoms with E-state index in [2.05, 4.69) is 61.0 Å². The van der Waals surface area contributed by atoms with Gasteiger partial charge in [0.05, 0.1) is 5.69 Å². The van der Waals surface area contributed by atoms with Crippen molar-refractivity contribution in [1.82, 2.24) is 14.9 Å². The normalized spacial score (nSPS) is 19.2. The fraction of sp³-hybridized carbons (Fsp3) is 0.500. The van der Waals surface area contributed by atoms with E-state index in [1.807, 2.05) is 6.20 Å². The molecule has 0 aliphatic carbocycles. The van der Waals surface area contributed by atoms with Crippen molar-refractivity contribution in [3.05, 3.63) is 59.2 Å². The van der Waals surface area contributed by atoms with Crippen molar-refractivity contribution in [2.24, 2.45) is 0 Å². The number of nitrogens with zero attached hydrogens (tertiary/aromatic N) is 3. The predicted octanol–water partition coefficient (Wildman–Crippen LogP) is 4.29. The summed E-state index contributed by atoms with van der Waals surface area (Å²) in [6, 6.07) is 10.9. The van der Waals surface area contributed by atoms with E-state index in [-0.39, 0.29) is 0 Å². The number of piperidine rings is 1. The summed E-state index contributed by atoms with van der Waals surface area (Å²) in [4.78, 5) is 11.7. The molecule has 0 spiro atoms. The summed E-state index contributed by atoms with van der Waals surface area (Å²) in [6.07, 6.45) is 4.46. The Labute approximate surface area is 139 Å². The van der Waals surface area contributed by atoms with Gasteiger partial charge in [0.15, 0.2) is 0 Å². The van der Waals surface area contributed by atoms with Crippen molar-refractivity contribution >= 4 is 0 Å². The minimum Gasteiger partial charge on any atom is -0.297 e. The molecule has 0 radical (unpaired) electrons. The van der Waals surface area contributed by atoms with Crippen LogP contribution in [-0.2, 0) is 6.54 Å². The Morgan fingerprint density at radius 2 is 2.04 bits per heavy atom. The summed E-state index contributed by atoms with van der Waals surface area (Å²) in [5.74, 6) is 1.99. The third-order valence-electron chi connectivity index (χ3n) is 4.77. The molecule has 0 amide bonds. The van der Waals surface area contributed by atoms with Gasteiger partial charge in [-0.2, -0.15) is 0 Å². The Balaban J connectivity index is 1.70. The molecular weight excluding hydrogens is 282 g/mol. The minimum atomic E-state index is 0.385. The van der Waals surface area contributed by atoms with Gasteiger partial charge in [0.25, 0.3) is 0 Å². The molecule has 0 bridgehead atoms. The monoisotopic (exact) mass is 309 g/mol. The summed E-state index contributed by atoms with van der Waals surface area (Å²) in [7, 11) is 0. The molecule has 1 unspecified atom stereocenters. The Kier molecular flexibility index (Phi) is 5.06. The van der Waals surface area contributed by atoms with Crippen molar-refractivity contribution in [2.75, 3.05) is 13.1 Å². The number of rotatable bonds is 4. The Hall–Kier alpha value is -1.74. The van der Waals surface area contributed by atoms with Crippen molar-refractivity contribution in [1.29, 1.82) is 0 Å².